The van der Waals surface area contributed by atoms with Crippen LogP contribution in [-0.4, -0.2) is 57.0 Å². The molecule has 1 heterocycles. The van der Waals surface area contributed by atoms with Gasteiger partial charge < -0.3 is 19.5 Å². The molecular weight excluding hydrogens is 286 g/mol. The summed E-state index contributed by atoms with van der Waals surface area (Å²) in [7, 11) is 3.18. The highest BCUT2D eigenvalue weighted by Crippen LogP contribution is 2.14. The lowest BCUT2D eigenvalue weighted by atomic mass is 10.4. The van der Waals surface area contributed by atoms with E-state index in [0.29, 0.717) is 45.2 Å². The Hall–Kier alpha value is -1.15. The van der Waals surface area contributed by atoms with E-state index in [2.05, 4.69) is 10.4 Å². The third-order valence-corrected chi connectivity index (χ3v) is 2.85. The quantitative estimate of drug-likeness (QED) is 0.639. The van der Waals surface area contributed by atoms with E-state index in [0.717, 1.165) is 0 Å². The van der Waals surface area contributed by atoms with Crippen LogP contribution in [0.5, 0.6) is 0 Å². The van der Waals surface area contributed by atoms with E-state index >= 15 is 0 Å². The largest absolute Gasteiger partial charge is 0.383 e. The number of methoxy groups -OCH3 is 2. The lowest BCUT2D eigenvalue weighted by Crippen LogP contribution is -2.26. The van der Waals surface area contributed by atoms with Crippen molar-refractivity contribution in [1.29, 1.82) is 0 Å². The fourth-order valence-electron chi connectivity index (χ4n) is 1.43. The summed E-state index contributed by atoms with van der Waals surface area (Å²) in [5, 5.41) is 7.15. The molecule has 0 aliphatic carbocycles. The Kier molecular flexibility index (Phi) is 8.20. The number of rotatable bonds is 10. The van der Waals surface area contributed by atoms with Gasteiger partial charge in [-0.25, -0.2) is 4.68 Å². The molecule has 0 aliphatic heterocycles. The molecule has 0 aliphatic rings. The molecule has 0 unspecified atom stereocenters. The Morgan fingerprint density at radius 3 is 2.70 bits per heavy atom. The first-order valence-electron chi connectivity index (χ1n) is 6.25. The molecule has 0 amide bonds. The van der Waals surface area contributed by atoms with Crippen LogP contribution in [0.4, 0.5) is 5.69 Å². The van der Waals surface area contributed by atoms with Crippen molar-refractivity contribution in [1.82, 2.24) is 9.78 Å². The standard InChI is InChI=1S/C12H20ClN3O4/c1-18-6-4-16-12(17)11(13)10(9-15-16)14-3-5-20-8-7-19-2/h9,14H,3-8H2,1-2H3. The van der Waals surface area contributed by atoms with E-state index in [4.69, 9.17) is 25.8 Å². The van der Waals surface area contributed by atoms with E-state index < -0.39 is 0 Å². The SMILES string of the molecule is COCCOCCNc1cnn(CCOC)c(=O)c1Cl. The van der Waals surface area contributed by atoms with E-state index in [-0.39, 0.29) is 10.6 Å². The van der Waals surface area contributed by atoms with Crippen molar-refractivity contribution in [3.8, 4) is 0 Å². The molecule has 1 rings (SSSR count). The minimum absolute atomic E-state index is 0.119. The normalized spacial score (nSPS) is 10.8. The molecule has 0 bridgehead atoms. The molecular formula is C12H20ClN3O4. The number of ether oxygens (including phenoxy) is 3. The van der Waals surface area contributed by atoms with Gasteiger partial charge >= 0.3 is 0 Å². The van der Waals surface area contributed by atoms with Crippen molar-refractivity contribution in [2.24, 2.45) is 0 Å². The summed E-state index contributed by atoms with van der Waals surface area (Å²) in [6, 6.07) is 0. The highest BCUT2D eigenvalue weighted by atomic mass is 35.5. The molecule has 1 aromatic rings. The van der Waals surface area contributed by atoms with Crippen molar-refractivity contribution < 1.29 is 14.2 Å². The third kappa shape index (κ3) is 5.46. The number of hydrogen-bond donors (Lipinski definition) is 1. The van der Waals surface area contributed by atoms with Crippen molar-refractivity contribution >= 4 is 17.3 Å². The summed E-state index contributed by atoms with van der Waals surface area (Å²) in [5.74, 6) is 0. The van der Waals surface area contributed by atoms with Crippen LogP contribution in [-0.2, 0) is 20.8 Å². The van der Waals surface area contributed by atoms with Gasteiger partial charge in [-0.2, -0.15) is 5.10 Å². The first-order valence-corrected chi connectivity index (χ1v) is 6.63. The number of hydrogen-bond acceptors (Lipinski definition) is 6. The zero-order valence-electron chi connectivity index (χ0n) is 11.7. The van der Waals surface area contributed by atoms with Gasteiger partial charge in [-0.3, -0.25) is 4.79 Å². The molecule has 7 nitrogen and oxygen atoms in total. The predicted molar refractivity (Wildman–Crippen MR) is 76.6 cm³/mol. The zero-order valence-corrected chi connectivity index (χ0v) is 12.5. The van der Waals surface area contributed by atoms with E-state index in [1.165, 1.54) is 10.9 Å². The Balaban J connectivity index is 2.47. The Bertz CT molecular complexity index is 453. The molecule has 20 heavy (non-hydrogen) atoms. The minimum Gasteiger partial charge on any atom is -0.383 e. The second kappa shape index (κ2) is 9.71. The van der Waals surface area contributed by atoms with Gasteiger partial charge in [0.05, 0.1) is 44.9 Å². The lowest BCUT2D eigenvalue weighted by Gasteiger charge is -2.10. The lowest BCUT2D eigenvalue weighted by molar-refractivity contribution is 0.0759. The number of anilines is 1. The summed E-state index contributed by atoms with van der Waals surface area (Å²) in [4.78, 5) is 11.9. The minimum atomic E-state index is -0.339. The maximum absolute atomic E-state index is 11.9. The van der Waals surface area contributed by atoms with Crippen molar-refractivity contribution in [3.05, 3.63) is 21.6 Å². The van der Waals surface area contributed by atoms with Gasteiger partial charge in [0.2, 0.25) is 0 Å². The average Bonchev–Trinajstić information content (AvgIpc) is 2.46. The summed E-state index contributed by atoms with van der Waals surface area (Å²) in [6.07, 6.45) is 1.52. The van der Waals surface area contributed by atoms with E-state index in [9.17, 15) is 4.79 Å². The first-order chi connectivity index (χ1) is 9.70. The molecule has 0 saturated carbocycles. The second-order valence-corrected chi connectivity index (χ2v) is 4.30. The topological polar surface area (TPSA) is 74.6 Å². The molecule has 0 atom stereocenters. The summed E-state index contributed by atoms with van der Waals surface area (Å²) >= 11 is 6.00. The van der Waals surface area contributed by atoms with Crippen LogP contribution >= 0.6 is 11.6 Å². The fourth-order valence-corrected chi connectivity index (χ4v) is 1.64. The number of nitrogens with zero attached hydrogens (tertiary/aromatic N) is 2. The first kappa shape index (κ1) is 16.9. The summed E-state index contributed by atoms with van der Waals surface area (Å²) in [5.41, 5.74) is 0.162. The number of halogens is 1. The molecule has 8 heteroatoms. The Labute approximate surface area is 122 Å². The van der Waals surface area contributed by atoms with Gasteiger partial charge in [0, 0.05) is 20.8 Å². The summed E-state index contributed by atoms with van der Waals surface area (Å²) in [6.45, 7) is 2.89. The van der Waals surface area contributed by atoms with Gasteiger partial charge in [-0.05, 0) is 0 Å². The monoisotopic (exact) mass is 305 g/mol. The molecule has 0 aromatic carbocycles. The van der Waals surface area contributed by atoms with Gasteiger partial charge in [0.1, 0.15) is 5.02 Å². The molecule has 1 aromatic heterocycles. The van der Waals surface area contributed by atoms with Crippen molar-refractivity contribution in [2.45, 2.75) is 6.54 Å². The highest BCUT2D eigenvalue weighted by Gasteiger charge is 2.08. The molecule has 0 fully saturated rings. The molecule has 1 N–H and O–H groups in total. The van der Waals surface area contributed by atoms with Crippen LogP contribution in [0.3, 0.4) is 0 Å². The Morgan fingerprint density at radius 1 is 1.25 bits per heavy atom. The average molecular weight is 306 g/mol. The summed E-state index contributed by atoms with van der Waals surface area (Å²) < 4.78 is 16.3. The molecule has 114 valence electrons. The highest BCUT2D eigenvalue weighted by molar-refractivity contribution is 6.32. The fraction of sp³-hybridized carbons (Fsp3) is 0.667. The van der Waals surface area contributed by atoms with Crippen molar-refractivity contribution in [2.75, 3.05) is 52.5 Å². The molecule has 0 radical (unpaired) electrons. The maximum Gasteiger partial charge on any atom is 0.287 e. The van der Waals surface area contributed by atoms with Crippen LogP contribution in [0, 0.1) is 0 Å². The predicted octanol–water partition coefficient (Wildman–Crippen LogP) is 0.618. The number of nitrogens with one attached hydrogen (secondary N) is 1. The smallest absolute Gasteiger partial charge is 0.287 e. The van der Waals surface area contributed by atoms with Gasteiger partial charge in [-0.1, -0.05) is 11.6 Å². The second-order valence-electron chi connectivity index (χ2n) is 3.93. The van der Waals surface area contributed by atoms with Crippen LogP contribution in [0.1, 0.15) is 0 Å². The van der Waals surface area contributed by atoms with E-state index in [1.807, 2.05) is 0 Å². The van der Waals surface area contributed by atoms with Gasteiger partial charge in [-0.15, -0.1) is 0 Å². The molecule has 0 saturated heterocycles. The van der Waals surface area contributed by atoms with Crippen LogP contribution < -0.4 is 10.9 Å². The zero-order chi connectivity index (χ0) is 14.8. The van der Waals surface area contributed by atoms with Crippen LogP contribution in [0.15, 0.2) is 11.0 Å². The van der Waals surface area contributed by atoms with Gasteiger partial charge in [0.15, 0.2) is 0 Å². The third-order valence-electron chi connectivity index (χ3n) is 2.49. The van der Waals surface area contributed by atoms with Gasteiger partial charge in [0.25, 0.3) is 5.56 Å². The van der Waals surface area contributed by atoms with Crippen LogP contribution in [0.25, 0.3) is 0 Å². The number of aromatic nitrogens is 2. The Morgan fingerprint density at radius 2 is 2.00 bits per heavy atom. The molecule has 0 spiro atoms. The van der Waals surface area contributed by atoms with E-state index in [1.54, 1.807) is 14.2 Å². The van der Waals surface area contributed by atoms with Crippen molar-refractivity contribution in [3.63, 3.8) is 0 Å². The maximum atomic E-state index is 11.9. The van der Waals surface area contributed by atoms with Crippen LogP contribution in [0.2, 0.25) is 5.02 Å².